The Kier molecular flexibility index (Phi) is 7.95. The molecule has 0 saturated carbocycles. The van der Waals surface area contributed by atoms with E-state index in [9.17, 15) is 13.2 Å². The SMILES string of the molecule is CCCOc1ccc(CNC(=O)c2ccc(S(=O)(=O)N(C)c3ccccc3)cc2)cc1OC. The van der Waals surface area contributed by atoms with Crippen molar-refractivity contribution < 1.29 is 22.7 Å². The van der Waals surface area contributed by atoms with Crippen LogP contribution in [0, 0.1) is 0 Å². The summed E-state index contributed by atoms with van der Waals surface area (Å²) < 4.78 is 38.0. The average Bonchev–Trinajstić information content (AvgIpc) is 2.86. The maximum Gasteiger partial charge on any atom is 0.264 e. The summed E-state index contributed by atoms with van der Waals surface area (Å²) in [5.74, 6) is 0.958. The van der Waals surface area contributed by atoms with Gasteiger partial charge in [0, 0.05) is 19.2 Å². The molecule has 1 amide bonds. The van der Waals surface area contributed by atoms with Gasteiger partial charge >= 0.3 is 0 Å². The largest absolute Gasteiger partial charge is 0.493 e. The Bertz CT molecular complexity index is 1180. The van der Waals surface area contributed by atoms with E-state index in [0.29, 0.717) is 35.9 Å². The minimum Gasteiger partial charge on any atom is -0.493 e. The van der Waals surface area contributed by atoms with Gasteiger partial charge in [-0.25, -0.2) is 8.42 Å². The van der Waals surface area contributed by atoms with E-state index in [0.717, 1.165) is 12.0 Å². The van der Waals surface area contributed by atoms with Gasteiger partial charge in [0.25, 0.3) is 15.9 Å². The first kappa shape index (κ1) is 24.1. The molecular formula is C25H28N2O5S. The number of methoxy groups -OCH3 is 1. The predicted molar refractivity (Wildman–Crippen MR) is 128 cm³/mol. The van der Waals surface area contributed by atoms with Crippen LogP contribution in [0.1, 0.15) is 29.3 Å². The lowest BCUT2D eigenvalue weighted by Gasteiger charge is -2.19. The van der Waals surface area contributed by atoms with Crippen LogP contribution in [0.25, 0.3) is 0 Å². The molecule has 0 spiro atoms. The third-order valence-corrected chi connectivity index (χ3v) is 6.84. The number of benzene rings is 3. The fourth-order valence-corrected chi connectivity index (χ4v) is 4.35. The molecule has 0 aliphatic rings. The van der Waals surface area contributed by atoms with E-state index in [1.807, 2.05) is 31.2 Å². The summed E-state index contributed by atoms with van der Waals surface area (Å²) in [5.41, 5.74) is 1.78. The molecule has 3 rings (SSSR count). The highest BCUT2D eigenvalue weighted by molar-refractivity contribution is 7.92. The summed E-state index contributed by atoms with van der Waals surface area (Å²) in [5, 5.41) is 2.84. The summed E-state index contributed by atoms with van der Waals surface area (Å²) in [4.78, 5) is 12.7. The lowest BCUT2D eigenvalue weighted by atomic mass is 10.1. The Morgan fingerprint density at radius 3 is 2.30 bits per heavy atom. The second kappa shape index (κ2) is 10.9. The van der Waals surface area contributed by atoms with Crippen molar-refractivity contribution in [3.8, 4) is 11.5 Å². The highest BCUT2D eigenvalue weighted by Crippen LogP contribution is 2.28. The van der Waals surface area contributed by atoms with Gasteiger partial charge in [0.1, 0.15) is 0 Å². The molecule has 0 saturated heterocycles. The predicted octanol–water partition coefficient (Wildman–Crippen LogP) is 4.24. The third kappa shape index (κ3) is 5.84. The number of sulfonamides is 1. The third-order valence-electron chi connectivity index (χ3n) is 5.04. The van der Waals surface area contributed by atoms with Gasteiger partial charge in [-0.1, -0.05) is 31.2 Å². The Morgan fingerprint density at radius 2 is 1.67 bits per heavy atom. The molecule has 0 unspecified atom stereocenters. The summed E-state index contributed by atoms with van der Waals surface area (Å²) in [6.07, 6.45) is 0.892. The van der Waals surface area contributed by atoms with Crippen LogP contribution < -0.4 is 19.1 Å². The molecule has 174 valence electrons. The number of ether oxygens (including phenoxy) is 2. The first-order valence-corrected chi connectivity index (χ1v) is 12.0. The van der Waals surface area contributed by atoms with Crippen molar-refractivity contribution in [3.63, 3.8) is 0 Å². The zero-order valence-corrected chi connectivity index (χ0v) is 19.8. The second-order valence-electron chi connectivity index (χ2n) is 7.35. The van der Waals surface area contributed by atoms with Crippen LogP contribution in [0.2, 0.25) is 0 Å². The molecule has 0 heterocycles. The van der Waals surface area contributed by atoms with Gasteiger partial charge < -0.3 is 14.8 Å². The number of nitrogens with zero attached hydrogens (tertiary/aromatic N) is 1. The minimum absolute atomic E-state index is 0.109. The lowest BCUT2D eigenvalue weighted by Crippen LogP contribution is -2.27. The van der Waals surface area contributed by atoms with Gasteiger partial charge in [0.15, 0.2) is 11.5 Å². The van der Waals surface area contributed by atoms with Crippen LogP contribution in [-0.2, 0) is 16.6 Å². The van der Waals surface area contributed by atoms with Crippen LogP contribution in [0.15, 0.2) is 77.7 Å². The molecule has 0 aromatic heterocycles. The molecule has 1 N–H and O–H groups in total. The molecule has 7 nitrogen and oxygen atoms in total. The first-order valence-electron chi connectivity index (χ1n) is 10.6. The van der Waals surface area contributed by atoms with Crippen molar-refractivity contribution in [3.05, 3.63) is 83.9 Å². The van der Waals surface area contributed by atoms with Crippen molar-refractivity contribution in [2.24, 2.45) is 0 Å². The number of nitrogens with one attached hydrogen (secondary N) is 1. The van der Waals surface area contributed by atoms with E-state index < -0.39 is 10.0 Å². The average molecular weight is 469 g/mol. The molecule has 0 aliphatic heterocycles. The summed E-state index contributed by atoms with van der Waals surface area (Å²) in [7, 11) is -0.664. The smallest absolute Gasteiger partial charge is 0.264 e. The number of amides is 1. The highest BCUT2D eigenvalue weighted by Gasteiger charge is 2.21. The molecule has 0 radical (unpaired) electrons. The molecule has 0 aliphatic carbocycles. The highest BCUT2D eigenvalue weighted by atomic mass is 32.2. The second-order valence-corrected chi connectivity index (χ2v) is 9.32. The van der Waals surface area contributed by atoms with Gasteiger partial charge in [-0.2, -0.15) is 0 Å². The van der Waals surface area contributed by atoms with Gasteiger partial charge in [0.2, 0.25) is 0 Å². The first-order chi connectivity index (χ1) is 15.9. The molecule has 0 fully saturated rings. The number of hydrogen-bond donors (Lipinski definition) is 1. The van der Waals surface area contributed by atoms with Gasteiger partial charge in [-0.3, -0.25) is 9.10 Å². The maximum atomic E-state index is 12.9. The lowest BCUT2D eigenvalue weighted by molar-refractivity contribution is 0.0950. The fraction of sp³-hybridized carbons (Fsp3) is 0.240. The molecule has 0 atom stereocenters. The zero-order valence-electron chi connectivity index (χ0n) is 18.9. The van der Waals surface area contributed by atoms with E-state index in [2.05, 4.69) is 5.32 Å². The maximum absolute atomic E-state index is 12.9. The molecule has 0 bridgehead atoms. The molecule has 3 aromatic rings. The van der Waals surface area contributed by atoms with Crippen molar-refractivity contribution in [2.75, 3.05) is 25.1 Å². The van der Waals surface area contributed by atoms with Gasteiger partial charge in [-0.15, -0.1) is 0 Å². The number of rotatable bonds is 10. The van der Waals surface area contributed by atoms with Crippen molar-refractivity contribution in [1.82, 2.24) is 5.32 Å². The molecule has 3 aromatic carbocycles. The fourth-order valence-electron chi connectivity index (χ4n) is 3.15. The number of para-hydroxylation sites is 1. The normalized spacial score (nSPS) is 11.0. The molecule has 8 heteroatoms. The standard InChI is InChI=1S/C25H28N2O5S/c1-4-16-32-23-15-10-19(17-24(23)31-3)18-26-25(28)20-11-13-22(14-12-20)33(29,30)27(2)21-8-6-5-7-9-21/h5-15,17H,4,16,18H2,1-3H3,(H,26,28). The summed E-state index contributed by atoms with van der Waals surface area (Å²) in [6, 6.07) is 20.2. The van der Waals surface area contributed by atoms with Crippen LogP contribution in [0.4, 0.5) is 5.69 Å². The summed E-state index contributed by atoms with van der Waals surface area (Å²) in [6.45, 7) is 2.92. The van der Waals surface area contributed by atoms with Gasteiger partial charge in [-0.05, 0) is 60.5 Å². The quantitative estimate of drug-likeness (QED) is 0.481. The number of carbonyl (C=O) groups excluding carboxylic acids is 1. The van der Waals surface area contributed by atoms with Crippen LogP contribution in [0.5, 0.6) is 11.5 Å². The van der Waals surface area contributed by atoms with E-state index in [-0.39, 0.29) is 10.8 Å². The molecular weight excluding hydrogens is 440 g/mol. The van der Waals surface area contributed by atoms with Crippen molar-refractivity contribution in [1.29, 1.82) is 0 Å². The number of anilines is 1. The number of carbonyl (C=O) groups is 1. The zero-order chi connectivity index (χ0) is 23.8. The number of hydrogen-bond acceptors (Lipinski definition) is 5. The van der Waals surface area contributed by atoms with E-state index in [4.69, 9.17) is 9.47 Å². The van der Waals surface area contributed by atoms with E-state index in [1.54, 1.807) is 31.4 Å². The van der Waals surface area contributed by atoms with Gasteiger partial charge in [0.05, 0.1) is 24.3 Å². The van der Waals surface area contributed by atoms with Crippen LogP contribution >= 0.6 is 0 Å². The Balaban J connectivity index is 1.66. The topological polar surface area (TPSA) is 84.9 Å². The molecule has 33 heavy (non-hydrogen) atoms. The van der Waals surface area contributed by atoms with Crippen molar-refractivity contribution in [2.45, 2.75) is 24.8 Å². The Labute approximate surface area is 195 Å². The Hall–Kier alpha value is -3.52. The van der Waals surface area contributed by atoms with Crippen LogP contribution in [0.3, 0.4) is 0 Å². The minimum atomic E-state index is -3.73. The Morgan fingerprint density at radius 1 is 0.970 bits per heavy atom. The van der Waals surface area contributed by atoms with Crippen molar-refractivity contribution >= 4 is 21.6 Å². The van der Waals surface area contributed by atoms with E-state index in [1.165, 1.54) is 35.6 Å². The monoisotopic (exact) mass is 468 g/mol. The van der Waals surface area contributed by atoms with E-state index >= 15 is 0 Å². The summed E-state index contributed by atoms with van der Waals surface area (Å²) >= 11 is 0. The van der Waals surface area contributed by atoms with Crippen LogP contribution in [-0.4, -0.2) is 35.1 Å².